The van der Waals surface area contributed by atoms with Crippen molar-refractivity contribution in [1.29, 1.82) is 0 Å². The van der Waals surface area contributed by atoms with Gasteiger partial charge in [0.1, 0.15) is 11.2 Å². The summed E-state index contributed by atoms with van der Waals surface area (Å²) in [6, 6.07) is 89.2. The van der Waals surface area contributed by atoms with E-state index in [-0.39, 0.29) is 12.0 Å². The minimum Gasteiger partial charge on any atom is -0.306 e. The normalized spacial score (nSPS) is 15.3. The molecule has 2 atom stereocenters. The van der Waals surface area contributed by atoms with Crippen molar-refractivity contribution in [2.75, 3.05) is 0 Å². The zero-order chi connectivity index (χ0) is 56.1. The fourth-order valence-electron chi connectivity index (χ4n) is 14.3. The maximum absolute atomic E-state index is 5.63. The highest BCUT2D eigenvalue weighted by molar-refractivity contribution is 6.22. The Labute approximate surface area is 491 Å². The SMILES string of the molecule is C1=CC2=NC(n3c4cc(-c5cccc(-c6ccc7c(c6)c6ccccc6n6c7cc7c6c6ccccc6n7-c6nc(-c7ccccc7)c7ccccc7n6)c5)ccc4c4c3nc3c5ccccc5c5ccccc5n34)=NC(c3ccccc3)C2C=C1. The van der Waals surface area contributed by atoms with Crippen LogP contribution in [0.4, 0.5) is 0 Å². The summed E-state index contributed by atoms with van der Waals surface area (Å²) in [5, 5.41) is 10.2. The summed E-state index contributed by atoms with van der Waals surface area (Å²) in [5.41, 5.74) is 19.8. The number of fused-ring (bicyclic) bond motifs is 22. The average Bonchev–Trinajstić information content (AvgIpc) is 1.75. The Bertz CT molecular complexity index is 5910. The van der Waals surface area contributed by atoms with Gasteiger partial charge in [-0.3, -0.25) is 13.5 Å². The van der Waals surface area contributed by atoms with Crippen molar-refractivity contribution in [3.63, 3.8) is 0 Å². The lowest BCUT2D eigenvalue weighted by Gasteiger charge is -2.28. The summed E-state index contributed by atoms with van der Waals surface area (Å²) < 4.78 is 9.29. The number of rotatable bonds is 5. The van der Waals surface area contributed by atoms with Crippen molar-refractivity contribution in [3.05, 3.63) is 279 Å². The molecule has 7 aromatic heterocycles. The van der Waals surface area contributed by atoms with Gasteiger partial charge in [0.15, 0.2) is 5.65 Å². The first-order valence-corrected chi connectivity index (χ1v) is 29.3. The number of aromatic nitrogens is 7. The second-order valence-corrected chi connectivity index (χ2v) is 22.7. The van der Waals surface area contributed by atoms with Gasteiger partial charge in [0.25, 0.3) is 0 Å². The fourth-order valence-corrected chi connectivity index (χ4v) is 14.3. The highest BCUT2D eigenvalue weighted by atomic mass is 15.3. The number of aliphatic imine (C=N–C) groups is 2. The molecule has 0 spiro atoms. The molecule has 0 saturated carbocycles. The van der Waals surface area contributed by atoms with Crippen LogP contribution < -0.4 is 0 Å². The van der Waals surface area contributed by atoms with Crippen molar-refractivity contribution in [2.45, 2.75) is 6.04 Å². The lowest BCUT2D eigenvalue weighted by molar-refractivity contribution is 0.636. The third-order valence-corrected chi connectivity index (χ3v) is 18.1. The molecule has 1 aliphatic heterocycles. The Kier molecular flexibility index (Phi) is 9.82. The maximum Gasteiger partial charge on any atom is 0.235 e. The van der Waals surface area contributed by atoms with E-state index < -0.39 is 0 Å². The molecule has 1 aliphatic carbocycles. The fraction of sp³-hybridized carbons (Fsp3) is 0.0260. The molecule has 0 N–H and O–H groups in total. The van der Waals surface area contributed by atoms with Crippen molar-refractivity contribution in [3.8, 4) is 39.5 Å². The second-order valence-electron chi connectivity index (χ2n) is 22.7. The van der Waals surface area contributed by atoms with Crippen LogP contribution in [0.25, 0.3) is 149 Å². The van der Waals surface area contributed by atoms with Crippen LogP contribution in [-0.2, 0) is 0 Å². The van der Waals surface area contributed by atoms with E-state index >= 15 is 0 Å². The Morgan fingerprint density at radius 3 is 1.74 bits per heavy atom. The van der Waals surface area contributed by atoms with E-state index in [9.17, 15) is 0 Å². The van der Waals surface area contributed by atoms with Gasteiger partial charge in [-0.25, -0.2) is 24.9 Å². The summed E-state index contributed by atoms with van der Waals surface area (Å²) in [4.78, 5) is 27.4. The molecule has 400 valence electrons. The summed E-state index contributed by atoms with van der Waals surface area (Å²) in [6.45, 7) is 0. The molecule has 8 heterocycles. The molecule has 86 heavy (non-hydrogen) atoms. The third-order valence-electron chi connectivity index (χ3n) is 18.1. The Morgan fingerprint density at radius 1 is 0.337 bits per heavy atom. The average molecular weight is 1100 g/mol. The van der Waals surface area contributed by atoms with Crippen LogP contribution in [-0.4, -0.2) is 44.6 Å². The van der Waals surface area contributed by atoms with Gasteiger partial charge in [0.05, 0.1) is 61.6 Å². The van der Waals surface area contributed by atoms with E-state index in [0.717, 1.165) is 127 Å². The molecule has 2 aliphatic rings. The molecule has 2 unspecified atom stereocenters. The van der Waals surface area contributed by atoms with Gasteiger partial charge in [-0.2, -0.15) is 0 Å². The summed E-state index contributed by atoms with van der Waals surface area (Å²) >= 11 is 0. The van der Waals surface area contributed by atoms with E-state index in [1.165, 1.54) is 26.9 Å². The van der Waals surface area contributed by atoms with Gasteiger partial charge >= 0.3 is 0 Å². The summed E-state index contributed by atoms with van der Waals surface area (Å²) in [5.74, 6) is 1.27. The number of pyridine rings is 2. The van der Waals surface area contributed by atoms with Crippen molar-refractivity contribution < 1.29 is 0 Å². The molecule has 0 radical (unpaired) electrons. The van der Waals surface area contributed by atoms with E-state index in [0.29, 0.717) is 11.9 Å². The zero-order valence-corrected chi connectivity index (χ0v) is 46.2. The molecular weight excluding hydrogens is 1050 g/mol. The molecule has 9 nitrogen and oxygen atoms in total. The molecule has 17 aromatic rings. The van der Waals surface area contributed by atoms with E-state index in [4.69, 9.17) is 24.9 Å². The van der Waals surface area contributed by atoms with Gasteiger partial charge in [0, 0.05) is 49.2 Å². The van der Waals surface area contributed by atoms with Crippen molar-refractivity contribution in [2.24, 2.45) is 15.9 Å². The number of benzene rings is 10. The maximum atomic E-state index is 5.63. The number of para-hydroxylation sites is 4. The highest BCUT2D eigenvalue weighted by Gasteiger charge is 2.33. The minimum absolute atomic E-state index is 0.00673. The van der Waals surface area contributed by atoms with Gasteiger partial charge in [-0.1, -0.05) is 212 Å². The van der Waals surface area contributed by atoms with Gasteiger partial charge < -0.3 is 4.40 Å². The standard InChI is InChI=1S/C77H47N9/c1-3-20-46(21-4-1)70-57-30-9-14-33-62(57)78-76(80-70)84-66-37-18-13-32-59(66)72-69(84)45-68-55-40-38-50(43-61(55)54-28-12-16-35-64(54)83(68)72)48-24-19-25-49(42-48)51-39-41-60-67(44-51)86(77-79-63-34-15-10-31-58(63)71(81-77)47-22-5-2-6-23-47)75-73(60)85-65-36-17-11-27-53(65)52-26-7-8-29-56(52)74(85)82-75/h1-45,58,71H. The molecule has 0 saturated heterocycles. The van der Waals surface area contributed by atoms with Crippen LogP contribution in [0.1, 0.15) is 11.6 Å². The third kappa shape index (κ3) is 6.73. The van der Waals surface area contributed by atoms with Crippen molar-refractivity contribution in [1.82, 2.24) is 32.9 Å². The first-order valence-electron chi connectivity index (χ1n) is 29.3. The molecule has 9 heteroatoms. The predicted molar refractivity (Wildman–Crippen MR) is 354 cm³/mol. The molecule has 0 fully saturated rings. The Morgan fingerprint density at radius 2 is 0.942 bits per heavy atom. The lowest BCUT2D eigenvalue weighted by atomic mass is 9.86. The predicted octanol–water partition coefficient (Wildman–Crippen LogP) is 18.5. The van der Waals surface area contributed by atoms with Crippen LogP contribution in [0, 0.1) is 5.92 Å². The topological polar surface area (TPSA) is 82.1 Å². The van der Waals surface area contributed by atoms with Crippen LogP contribution in [0.5, 0.6) is 0 Å². The van der Waals surface area contributed by atoms with Crippen LogP contribution >= 0.6 is 0 Å². The lowest BCUT2D eigenvalue weighted by Crippen LogP contribution is -2.28. The van der Waals surface area contributed by atoms with Gasteiger partial charge in [-0.15, -0.1) is 0 Å². The Hall–Kier alpha value is -11.6. The number of imidazole rings is 1. The molecule has 19 rings (SSSR count). The monoisotopic (exact) mass is 1100 g/mol. The smallest absolute Gasteiger partial charge is 0.235 e. The quantitative estimate of drug-likeness (QED) is 0.161. The van der Waals surface area contributed by atoms with Crippen LogP contribution in [0.3, 0.4) is 0 Å². The number of nitrogens with zero attached hydrogens (tertiary/aromatic N) is 9. The molecule has 10 aromatic carbocycles. The van der Waals surface area contributed by atoms with Crippen LogP contribution in [0.15, 0.2) is 283 Å². The number of allylic oxidation sites excluding steroid dienone is 3. The Balaban J connectivity index is 0.794. The van der Waals surface area contributed by atoms with Gasteiger partial charge in [-0.05, 0) is 99.3 Å². The number of hydrogen-bond donors (Lipinski definition) is 0. The number of hydrogen-bond acceptors (Lipinski definition) is 5. The first kappa shape index (κ1) is 47.0. The van der Waals surface area contributed by atoms with Crippen molar-refractivity contribution >= 4 is 121 Å². The van der Waals surface area contributed by atoms with E-state index in [2.05, 4.69) is 285 Å². The van der Waals surface area contributed by atoms with E-state index in [1.54, 1.807) is 0 Å². The summed E-state index contributed by atoms with van der Waals surface area (Å²) in [7, 11) is 0. The largest absolute Gasteiger partial charge is 0.306 e. The van der Waals surface area contributed by atoms with Gasteiger partial charge in [0.2, 0.25) is 11.9 Å². The molecular formula is C77H47N9. The molecule has 0 bridgehead atoms. The summed E-state index contributed by atoms with van der Waals surface area (Å²) in [6.07, 6.45) is 8.57. The first-order chi connectivity index (χ1) is 42.7. The van der Waals surface area contributed by atoms with Crippen LogP contribution in [0.2, 0.25) is 0 Å². The molecule has 0 amide bonds. The minimum atomic E-state index is -0.176. The highest BCUT2D eigenvalue weighted by Crippen LogP contribution is 2.44. The van der Waals surface area contributed by atoms with E-state index in [1.807, 2.05) is 6.07 Å². The zero-order valence-electron chi connectivity index (χ0n) is 46.2. The second kappa shape index (κ2) is 18.0.